The van der Waals surface area contributed by atoms with Gasteiger partial charge in [-0.25, -0.2) is 13.2 Å². The maximum Gasteiger partial charge on any atom is 0.338 e. The number of aryl methyl sites for hydroxylation is 1. The first-order chi connectivity index (χ1) is 15.1. The third-order valence-electron chi connectivity index (χ3n) is 5.47. The van der Waals surface area contributed by atoms with Crippen LogP contribution in [0.4, 0.5) is 5.69 Å². The smallest absolute Gasteiger partial charge is 0.338 e. The Morgan fingerprint density at radius 2 is 1.62 bits per heavy atom. The largest absolute Gasteiger partial charge is 0.452 e. The Labute approximate surface area is 190 Å². The van der Waals surface area contributed by atoms with Crippen molar-refractivity contribution >= 4 is 27.6 Å². The molecule has 2 aromatic rings. The number of anilines is 1. The second-order valence-electron chi connectivity index (χ2n) is 8.40. The summed E-state index contributed by atoms with van der Waals surface area (Å²) in [5.41, 5.74) is 1.89. The summed E-state index contributed by atoms with van der Waals surface area (Å²) < 4.78 is 33.0. The molecule has 0 saturated carbocycles. The number of carbonyl (C=O) groups excluding carboxylic acids is 2. The monoisotopic (exact) mass is 458 g/mol. The van der Waals surface area contributed by atoms with Gasteiger partial charge >= 0.3 is 5.97 Å². The molecule has 0 unspecified atom stereocenters. The zero-order valence-electron chi connectivity index (χ0n) is 18.9. The summed E-state index contributed by atoms with van der Waals surface area (Å²) in [4.78, 5) is 26.5. The minimum atomic E-state index is -3.75. The molecule has 0 saturated heterocycles. The Balaban J connectivity index is 1.71. The van der Waals surface area contributed by atoms with Crippen LogP contribution in [0.1, 0.15) is 50.0 Å². The van der Waals surface area contributed by atoms with Crippen LogP contribution in [0, 0.1) is 0 Å². The number of fused-ring (bicyclic) bond motifs is 1. The minimum Gasteiger partial charge on any atom is -0.452 e. The number of benzene rings is 2. The Bertz CT molecular complexity index is 1070. The second kappa shape index (κ2) is 9.73. The molecule has 0 bridgehead atoms. The number of nitrogens with zero attached hydrogens (tertiary/aromatic N) is 2. The van der Waals surface area contributed by atoms with E-state index in [1.165, 1.54) is 28.6 Å². The van der Waals surface area contributed by atoms with Crippen molar-refractivity contribution in [2.24, 2.45) is 0 Å². The van der Waals surface area contributed by atoms with Gasteiger partial charge in [0, 0.05) is 18.6 Å². The van der Waals surface area contributed by atoms with E-state index in [0.717, 1.165) is 18.4 Å². The zero-order valence-corrected chi connectivity index (χ0v) is 19.8. The maximum absolute atomic E-state index is 13.2. The first-order valence-electron chi connectivity index (χ1n) is 10.8. The molecule has 7 nitrogen and oxygen atoms in total. The van der Waals surface area contributed by atoms with Crippen molar-refractivity contribution in [3.05, 3.63) is 59.7 Å². The fourth-order valence-electron chi connectivity index (χ4n) is 4.10. The molecule has 2 aromatic carbocycles. The highest BCUT2D eigenvalue weighted by Crippen LogP contribution is 2.31. The first-order valence-corrected chi connectivity index (χ1v) is 12.3. The van der Waals surface area contributed by atoms with Gasteiger partial charge < -0.3 is 9.64 Å². The van der Waals surface area contributed by atoms with Crippen molar-refractivity contribution < 1.29 is 22.7 Å². The molecule has 3 rings (SSSR count). The maximum atomic E-state index is 13.2. The molecule has 0 aromatic heterocycles. The van der Waals surface area contributed by atoms with Gasteiger partial charge in [-0.1, -0.05) is 18.2 Å². The van der Waals surface area contributed by atoms with Gasteiger partial charge in [0.1, 0.15) is 0 Å². The van der Waals surface area contributed by atoms with Crippen molar-refractivity contribution in [3.63, 3.8) is 0 Å². The second-order valence-corrected chi connectivity index (χ2v) is 10.3. The molecule has 1 aliphatic rings. The summed E-state index contributed by atoms with van der Waals surface area (Å²) in [7, 11) is -3.75. The summed E-state index contributed by atoms with van der Waals surface area (Å²) in [5, 5.41) is 0. The zero-order chi connectivity index (χ0) is 23.5. The van der Waals surface area contributed by atoms with E-state index in [0.29, 0.717) is 12.2 Å². The van der Waals surface area contributed by atoms with Gasteiger partial charge in [-0.15, -0.1) is 0 Å². The number of rotatable bonds is 7. The lowest BCUT2D eigenvalue weighted by molar-refractivity contribution is -0.138. The van der Waals surface area contributed by atoms with Crippen molar-refractivity contribution in [2.75, 3.05) is 17.5 Å². The van der Waals surface area contributed by atoms with Gasteiger partial charge in [0.05, 0.1) is 16.1 Å². The van der Waals surface area contributed by atoms with Crippen molar-refractivity contribution in [1.29, 1.82) is 0 Å². The molecule has 0 aliphatic carbocycles. The highest BCUT2D eigenvalue weighted by atomic mass is 32.2. The summed E-state index contributed by atoms with van der Waals surface area (Å²) >= 11 is 0. The van der Waals surface area contributed by atoms with Crippen molar-refractivity contribution in [1.82, 2.24) is 4.90 Å². The number of hydrogen-bond acceptors (Lipinski definition) is 5. The van der Waals surface area contributed by atoms with Crippen LogP contribution in [0.3, 0.4) is 0 Å². The van der Waals surface area contributed by atoms with Crippen LogP contribution >= 0.6 is 0 Å². The van der Waals surface area contributed by atoms with Crippen molar-refractivity contribution in [2.45, 2.75) is 57.5 Å². The molecule has 0 N–H and O–H groups in total. The van der Waals surface area contributed by atoms with E-state index in [9.17, 15) is 18.0 Å². The van der Waals surface area contributed by atoms with Crippen LogP contribution in [0.2, 0.25) is 0 Å². The number of hydrogen-bond donors (Lipinski definition) is 0. The SMILES string of the molecule is CC(C)N(C(=O)COC(=O)c1ccc(S(=O)(=O)N2CCCc3ccccc32)cc1)C(C)C. The van der Waals surface area contributed by atoms with Gasteiger partial charge in [0.15, 0.2) is 6.61 Å². The number of sulfonamides is 1. The van der Waals surface area contributed by atoms with Gasteiger partial charge in [-0.3, -0.25) is 9.10 Å². The molecule has 0 fully saturated rings. The van der Waals surface area contributed by atoms with E-state index in [1.807, 2.05) is 52.0 Å². The van der Waals surface area contributed by atoms with Crippen LogP contribution in [0.5, 0.6) is 0 Å². The third kappa shape index (κ3) is 4.96. The highest BCUT2D eigenvalue weighted by Gasteiger charge is 2.29. The Hall–Kier alpha value is -2.87. The number of carbonyl (C=O) groups is 2. The molecule has 0 atom stereocenters. The molecule has 8 heteroatoms. The number of amides is 1. The summed E-state index contributed by atoms with van der Waals surface area (Å²) in [6.07, 6.45) is 1.59. The van der Waals surface area contributed by atoms with Crippen LogP contribution in [-0.2, 0) is 26.0 Å². The lowest BCUT2D eigenvalue weighted by Crippen LogP contribution is -2.44. The van der Waals surface area contributed by atoms with Crippen molar-refractivity contribution in [3.8, 4) is 0 Å². The average Bonchev–Trinajstić information content (AvgIpc) is 2.76. The van der Waals surface area contributed by atoms with E-state index in [4.69, 9.17) is 4.74 Å². The summed E-state index contributed by atoms with van der Waals surface area (Å²) in [6, 6.07) is 13.1. The quantitative estimate of drug-likeness (QED) is 0.592. The van der Waals surface area contributed by atoms with Gasteiger partial charge in [0.25, 0.3) is 15.9 Å². The minimum absolute atomic E-state index is 0.00869. The van der Waals surface area contributed by atoms with E-state index >= 15 is 0 Å². The molecular formula is C24H30N2O5S. The molecule has 0 radical (unpaired) electrons. The molecule has 1 amide bonds. The third-order valence-corrected chi connectivity index (χ3v) is 7.30. The van der Waals surface area contributed by atoms with Gasteiger partial charge in [-0.05, 0) is 76.4 Å². The normalized spacial score (nSPS) is 13.8. The topological polar surface area (TPSA) is 84.0 Å². The summed E-state index contributed by atoms with van der Waals surface area (Å²) in [6.45, 7) is 7.66. The van der Waals surface area contributed by atoms with E-state index in [1.54, 1.807) is 4.90 Å². The number of para-hydroxylation sites is 1. The molecule has 32 heavy (non-hydrogen) atoms. The molecule has 1 aliphatic heterocycles. The van der Waals surface area contributed by atoms with Gasteiger partial charge in [-0.2, -0.15) is 0 Å². The predicted molar refractivity (Wildman–Crippen MR) is 123 cm³/mol. The van der Waals surface area contributed by atoms with Crippen LogP contribution in [0.25, 0.3) is 0 Å². The molecule has 0 spiro atoms. The number of ether oxygens (including phenoxy) is 1. The van der Waals surface area contributed by atoms with E-state index in [-0.39, 0.29) is 35.1 Å². The van der Waals surface area contributed by atoms with Crippen LogP contribution < -0.4 is 4.31 Å². The predicted octanol–water partition coefficient (Wildman–Crippen LogP) is 3.63. The van der Waals surface area contributed by atoms with Crippen LogP contribution in [-0.4, -0.2) is 50.4 Å². The highest BCUT2D eigenvalue weighted by molar-refractivity contribution is 7.92. The Kier molecular flexibility index (Phi) is 7.23. The molecule has 1 heterocycles. The lowest BCUT2D eigenvalue weighted by Gasteiger charge is -2.30. The Morgan fingerprint density at radius 3 is 2.25 bits per heavy atom. The fraction of sp³-hybridized carbons (Fsp3) is 0.417. The first kappa shape index (κ1) is 23.8. The Morgan fingerprint density at radius 1 is 1.00 bits per heavy atom. The molecule has 172 valence electrons. The fourth-order valence-corrected chi connectivity index (χ4v) is 5.64. The summed E-state index contributed by atoms with van der Waals surface area (Å²) in [5.74, 6) is -0.940. The number of esters is 1. The molecular weight excluding hydrogens is 428 g/mol. The van der Waals surface area contributed by atoms with Gasteiger partial charge in [0.2, 0.25) is 0 Å². The standard InChI is InChI=1S/C24H30N2O5S/c1-17(2)26(18(3)4)23(27)16-31-24(28)20-11-13-21(14-12-20)32(29,30)25-15-7-9-19-8-5-6-10-22(19)25/h5-6,8,10-14,17-18H,7,9,15-16H2,1-4H3. The van der Waals surface area contributed by atoms with E-state index in [2.05, 4.69) is 0 Å². The van der Waals surface area contributed by atoms with Crippen LogP contribution in [0.15, 0.2) is 53.4 Å². The average molecular weight is 459 g/mol. The van der Waals surface area contributed by atoms with E-state index < -0.39 is 16.0 Å². The lowest BCUT2D eigenvalue weighted by atomic mass is 10.0.